The molecule has 0 N–H and O–H groups in total. The second-order valence-electron chi connectivity index (χ2n) is 12.8. The van der Waals surface area contributed by atoms with Crippen molar-refractivity contribution in [2.24, 2.45) is 0 Å². The van der Waals surface area contributed by atoms with Crippen LogP contribution in [-0.2, 0) is 36.1 Å². The SMILES string of the molecule is CC(Cc1c(CP(C(C)(C)C)C(C)(C)C)cc[c-]1CC(C)c1ccccc1)c1ccccc1.[Fe].[cH-]1[cH-][cH-][cH-][cH-]1. The summed E-state index contributed by atoms with van der Waals surface area (Å²) in [6.45, 7) is 19.4. The van der Waals surface area contributed by atoms with E-state index in [1.807, 2.05) is 30.3 Å². The topological polar surface area (TPSA) is 0 Å². The van der Waals surface area contributed by atoms with Gasteiger partial charge in [-0.2, -0.15) is 22.8 Å². The van der Waals surface area contributed by atoms with Gasteiger partial charge in [0.05, 0.1) is 0 Å². The predicted octanol–water partition coefficient (Wildman–Crippen LogP) is 11.1. The molecule has 0 aliphatic heterocycles. The van der Waals surface area contributed by atoms with Gasteiger partial charge in [-0.25, -0.2) is 6.07 Å². The summed E-state index contributed by atoms with van der Waals surface area (Å²) in [5.41, 5.74) is 7.66. The Kier molecular flexibility index (Phi) is 13.0. The first-order valence-electron chi connectivity index (χ1n) is 14.3. The van der Waals surface area contributed by atoms with Crippen molar-refractivity contribution in [2.45, 2.75) is 96.5 Å². The van der Waals surface area contributed by atoms with Crippen LogP contribution in [0.1, 0.15) is 95.0 Å². The van der Waals surface area contributed by atoms with Gasteiger partial charge in [0.1, 0.15) is 0 Å². The van der Waals surface area contributed by atoms with E-state index in [2.05, 4.69) is 128 Å². The summed E-state index contributed by atoms with van der Waals surface area (Å²) in [6, 6.07) is 37.0. The molecule has 4 aromatic carbocycles. The molecule has 0 bridgehead atoms. The quantitative estimate of drug-likeness (QED) is 0.110. The van der Waals surface area contributed by atoms with Crippen molar-refractivity contribution >= 4 is 7.92 Å². The summed E-state index contributed by atoms with van der Waals surface area (Å²) >= 11 is 0. The molecule has 39 heavy (non-hydrogen) atoms. The van der Waals surface area contributed by atoms with E-state index in [9.17, 15) is 0 Å². The van der Waals surface area contributed by atoms with Gasteiger partial charge in [-0.1, -0.05) is 129 Å². The van der Waals surface area contributed by atoms with Crippen LogP contribution in [0.3, 0.4) is 0 Å². The molecule has 0 spiro atoms. The molecule has 0 radical (unpaired) electrons. The Balaban J connectivity index is 0.000000797. The maximum Gasteiger partial charge on any atom is 0 e. The zero-order valence-electron chi connectivity index (χ0n) is 25.4. The van der Waals surface area contributed by atoms with E-state index in [0.717, 1.165) is 12.8 Å². The van der Waals surface area contributed by atoms with Gasteiger partial charge in [0.2, 0.25) is 0 Å². The maximum absolute atomic E-state index is 2.47. The molecule has 0 saturated carbocycles. The van der Waals surface area contributed by atoms with Crippen molar-refractivity contribution in [2.75, 3.05) is 0 Å². The number of benzene rings is 2. The molecule has 0 aliphatic carbocycles. The largest absolute Gasteiger partial charge is 0.748 e. The monoisotopic (exact) mass is 580 g/mol. The minimum absolute atomic E-state index is 0. The molecular weight excluding hydrogens is 531 g/mol. The Morgan fingerprint density at radius 2 is 1.10 bits per heavy atom. The first-order valence-corrected chi connectivity index (χ1v) is 15.8. The van der Waals surface area contributed by atoms with Crippen molar-refractivity contribution in [3.05, 3.63) is 131 Å². The fourth-order valence-electron chi connectivity index (χ4n) is 5.62. The molecule has 0 aromatic heterocycles. The van der Waals surface area contributed by atoms with Gasteiger partial charge in [0, 0.05) is 17.1 Å². The van der Waals surface area contributed by atoms with E-state index in [4.69, 9.17) is 0 Å². The summed E-state index contributed by atoms with van der Waals surface area (Å²) in [5.74, 6) is 1.05. The van der Waals surface area contributed by atoms with Gasteiger partial charge in [0.25, 0.3) is 0 Å². The Hall–Kier alpha value is -1.91. The van der Waals surface area contributed by atoms with Crippen LogP contribution in [-0.4, -0.2) is 10.3 Å². The average molecular weight is 581 g/mol. The second kappa shape index (κ2) is 15.2. The third-order valence-electron chi connectivity index (χ3n) is 7.54. The van der Waals surface area contributed by atoms with Gasteiger partial charge >= 0.3 is 0 Å². The fraction of sp³-hybridized carbons (Fsp3) is 0.405. The molecule has 4 rings (SSSR count). The van der Waals surface area contributed by atoms with Gasteiger partial charge in [-0.15, -0.1) is 7.92 Å². The van der Waals surface area contributed by atoms with Gasteiger partial charge < -0.3 is 30.3 Å². The molecule has 2 unspecified atom stereocenters. The first-order chi connectivity index (χ1) is 18.0. The average Bonchev–Trinajstić information content (AvgIpc) is 3.57. The fourth-order valence-corrected chi connectivity index (χ4v) is 9.21. The summed E-state index contributed by atoms with van der Waals surface area (Å²) in [5, 5.41) is 0.676. The molecule has 0 aliphatic rings. The Labute approximate surface area is 251 Å². The van der Waals surface area contributed by atoms with Gasteiger partial charge in [0.15, 0.2) is 0 Å². The molecule has 216 valence electrons. The maximum atomic E-state index is 2.47. The number of hydrogen-bond donors (Lipinski definition) is 0. The van der Waals surface area contributed by atoms with Crippen LogP contribution in [0.2, 0.25) is 0 Å². The van der Waals surface area contributed by atoms with Crippen LogP contribution in [0.15, 0.2) is 103 Å². The number of hydrogen-bond acceptors (Lipinski definition) is 0. The molecule has 0 amide bonds. The van der Waals surface area contributed by atoms with Crippen molar-refractivity contribution in [3.63, 3.8) is 0 Å². The van der Waals surface area contributed by atoms with E-state index < -0.39 is 0 Å². The second-order valence-corrected chi connectivity index (χ2v) is 16.6. The van der Waals surface area contributed by atoms with Crippen molar-refractivity contribution in [3.8, 4) is 0 Å². The summed E-state index contributed by atoms with van der Waals surface area (Å²) in [7, 11) is -0.165. The van der Waals surface area contributed by atoms with Gasteiger partial charge in [-0.05, 0) is 39.7 Å². The molecular formula is C37H49FeP-6. The summed E-state index contributed by atoms with van der Waals surface area (Å²) in [6.07, 6.45) is 3.46. The van der Waals surface area contributed by atoms with E-state index in [1.54, 1.807) is 16.7 Å². The smallest absolute Gasteiger partial charge is 0 e. The Morgan fingerprint density at radius 1 is 0.667 bits per heavy atom. The molecule has 0 heterocycles. The van der Waals surface area contributed by atoms with Crippen LogP contribution in [0.5, 0.6) is 0 Å². The molecule has 0 nitrogen and oxygen atoms in total. The summed E-state index contributed by atoms with van der Waals surface area (Å²) < 4.78 is 0. The van der Waals surface area contributed by atoms with Crippen LogP contribution in [0.25, 0.3) is 0 Å². The Bertz CT molecular complexity index is 1140. The predicted molar refractivity (Wildman–Crippen MR) is 171 cm³/mol. The Morgan fingerprint density at radius 3 is 1.54 bits per heavy atom. The first kappa shape index (κ1) is 33.3. The third-order valence-corrected chi connectivity index (χ3v) is 11.4. The standard InChI is InChI=1S/C32H44P.C5H5.Fe/c1-24(26-15-11-9-12-16-26)21-28-19-20-29(23-33(31(3,4)5)32(6,7)8)30(28)22-25(2)27-17-13-10-14-18-27;1-2-4-5-3-1;/h9-20,24-25H,21-23H2,1-8H3;1-5H;/q-1;-5;. The molecule has 4 aromatic rings. The summed E-state index contributed by atoms with van der Waals surface area (Å²) in [4.78, 5) is 0. The minimum atomic E-state index is -0.165. The van der Waals surface area contributed by atoms with E-state index in [-0.39, 0.29) is 25.0 Å². The van der Waals surface area contributed by atoms with Crippen molar-refractivity contribution < 1.29 is 17.1 Å². The zero-order chi connectivity index (χ0) is 27.8. The molecule has 2 heteroatoms. The van der Waals surface area contributed by atoms with Crippen LogP contribution in [0.4, 0.5) is 0 Å². The van der Waals surface area contributed by atoms with Crippen molar-refractivity contribution in [1.29, 1.82) is 0 Å². The molecule has 0 fully saturated rings. The van der Waals surface area contributed by atoms with E-state index in [0.29, 0.717) is 22.1 Å². The van der Waals surface area contributed by atoms with Crippen molar-refractivity contribution in [1.82, 2.24) is 0 Å². The normalized spacial score (nSPS) is 13.3. The van der Waals surface area contributed by atoms with E-state index >= 15 is 0 Å². The van der Waals surface area contributed by atoms with Crippen LogP contribution in [0, 0.1) is 0 Å². The molecule has 2 atom stereocenters. The third kappa shape index (κ3) is 10.2. The number of rotatable bonds is 8. The van der Waals surface area contributed by atoms with Crippen LogP contribution < -0.4 is 0 Å². The zero-order valence-corrected chi connectivity index (χ0v) is 27.4. The molecule has 0 saturated heterocycles. The van der Waals surface area contributed by atoms with E-state index in [1.165, 1.54) is 17.3 Å². The minimum Gasteiger partial charge on any atom is -0.748 e. The van der Waals surface area contributed by atoms with Crippen LogP contribution >= 0.6 is 7.92 Å². The van der Waals surface area contributed by atoms with Gasteiger partial charge in [-0.3, -0.25) is 0 Å².